The molecule has 3 N–H and O–H groups in total. The molecule has 0 bridgehead atoms. The van der Waals surface area contributed by atoms with Gasteiger partial charge in [-0.3, -0.25) is 19.4 Å². The molecule has 0 aromatic carbocycles. The van der Waals surface area contributed by atoms with Gasteiger partial charge in [-0.2, -0.15) is 4.99 Å². The average molecular weight is 462 g/mol. The molecule has 1 unspecified atom stereocenters. The van der Waals surface area contributed by atoms with Crippen LogP contribution >= 0.6 is 11.8 Å². The second-order valence-corrected chi connectivity index (χ2v) is 9.23. The predicted octanol–water partition coefficient (Wildman–Crippen LogP) is 1.60. The van der Waals surface area contributed by atoms with Crippen molar-refractivity contribution >= 4 is 34.7 Å². The second-order valence-electron chi connectivity index (χ2n) is 8.01. The van der Waals surface area contributed by atoms with Crippen molar-refractivity contribution in [2.75, 3.05) is 32.8 Å². The highest BCUT2D eigenvalue weighted by Gasteiger charge is 2.33. The van der Waals surface area contributed by atoms with Crippen molar-refractivity contribution in [3.63, 3.8) is 0 Å². The largest absolute Gasteiger partial charge is 0.380 e. The van der Waals surface area contributed by atoms with Crippen LogP contribution in [0.25, 0.3) is 0 Å². The first-order valence-electron chi connectivity index (χ1n) is 11.0. The number of carbonyl (C=O) groups excluding carboxylic acids is 3. The number of aliphatic imine (C=N–C) groups is 1. The topological polar surface area (TPSA) is 127 Å². The number of nitrogens with two attached hydrogens (primary N) is 1. The zero-order chi connectivity index (χ0) is 23.1. The molecule has 2 aliphatic rings. The Labute approximate surface area is 192 Å². The minimum atomic E-state index is -0.518. The fraction of sp³-hybridized carbons (Fsp3) is 0.591. The third kappa shape index (κ3) is 6.29. The van der Waals surface area contributed by atoms with Gasteiger partial charge in [0.05, 0.1) is 17.9 Å². The highest BCUT2D eigenvalue weighted by atomic mass is 32.2. The summed E-state index contributed by atoms with van der Waals surface area (Å²) in [5, 5.41) is 2.61. The van der Waals surface area contributed by atoms with Crippen molar-refractivity contribution in [1.82, 2.24) is 15.2 Å². The Hall–Kier alpha value is -2.46. The van der Waals surface area contributed by atoms with Crippen LogP contribution in [0.1, 0.15) is 60.3 Å². The molecule has 0 radical (unpaired) electrons. The number of carbonyl (C=O) groups is 3. The van der Waals surface area contributed by atoms with Crippen LogP contribution in [0.15, 0.2) is 17.1 Å². The summed E-state index contributed by atoms with van der Waals surface area (Å²) >= 11 is 1.15. The third-order valence-corrected chi connectivity index (χ3v) is 6.53. The van der Waals surface area contributed by atoms with E-state index in [-0.39, 0.29) is 35.2 Å². The standard InChI is InChI=1S/C22H31N5O4S/c1-3-11-31-12-8-24-20(29)16-5-4-14(2)25-19(16)15-6-9-27(10-7-15)18(28)13-17-21(30)26-22(23)32-17/h4-5,15,17H,3,6-13H2,1-2H3,(H,24,29)(H2,23,26,30). The summed E-state index contributed by atoms with van der Waals surface area (Å²) in [5.74, 6) is -0.463. The van der Waals surface area contributed by atoms with Crippen LogP contribution in [0.5, 0.6) is 0 Å². The summed E-state index contributed by atoms with van der Waals surface area (Å²) in [5.41, 5.74) is 7.80. The van der Waals surface area contributed by atoms with Crippen LogP contribution in [-0.4, -0.2) is 70.9 Å². The maximum atomic E-state index is 12.7. The number of amides is 3. The monoisotopic (exact) mass is 461 g/mol. The highest BCUT2D eigenvalue weighted by molar-refractivity contribution is 8.15. The molecule has 10 heteroatoms. The molecule has 3 heterocycles. The minimum Gasteiger partial charge on any atom is -0.380 e. The Morgan fingerprint density at radius 3 is 2.69 bits per heavy atom. The molecule has 0 spiro atoms. The lowest BCUT2D eigenvalue weighted by atomic mass is 9.89. The summed E-state index contributed by atoms with van der Waals surface area (Å²) in [6, 6.07) is 3.67. The average Bonchev–Trinajstić information content (AvgIpc) is 3.09. The molecule has 1 atom stereocenters. The first-order chi connectivity index (χ1) is 15.4. The Balaban J connectivity index is 1.56. The molecular formula is C22H31N5O4S. The zero-order valence-corrected chi connectivity index (χ0v) is 19.5. The summed E-state index contributed by atoms with van der Waals surface area (Å²) in [4.78, 5) is 47.3. The van der Waals surface area contributed by atoms with Gasteiger partial charge in [-0.15, -0.1) is 0 Å². The summed E-state index contributed by atoms with van der Waals surface area (Å²) in [6.07, 6.45) is 2.48. The minimum absolute atomic E-state index is 0.0681. The zero-order valence-electron chi connectivity index (χ0n) is 18.6. The van der Waals surface area contributed by atoms with E-state index in [4.69, 9.17) is 10.5 Å². The summed E-state index contributed by atoms with van der Waals surface area (Å²) in [7, 11) is 0. The van der Waals surface area contributed by atoms with Gasteiger partial charge in [0.25, 0.3) is 11.8 Å². The van der Waals surface area contributed by atoms with E-state index >= 15 is 0 Å². The second kappa shape index (κ2) is 11.4. The van der Waals surface area contributed by atoms with Crippen LogP contribution < -0.4 is 11.1 Å². The van der Waals surface area contributed by atoms with Gasteiger partial charge in [-0.05, 0) is 38.3 Å². The Bertz CT molecular complexity index is 883. The van der Waals surface area contributed by atoms with E-state index in [0.29, 0.717) is 51.3 Å². The lowest BCUT2D eigenvalue weighted by Gasteiger charge is -2.33. The Morgan fingerprint density at radius 2 is 2.03 bits per heavy atom. The molecule has 3 rings (SSSR count). The van der Waals surface area contributed by atoms with E-state index in [1.807, 2.05) is 26.0 Å². The number of aromatic nitrogens is 1. The van der Waals surface area contributed by atoms with E-state index in [1.165, 1.54) is 0 Å². The number of piperidine rings is 1. The first kappa shape index (κ1) is 24.2. The van der Waals surface area contributed by atoms with Gasteiger partial charge in [0.2, 0.25) is 5.91 Å². The number of aryl methyl sites for hydroxylation is 1. The number of hydrogen-bond acceptors (Lipinski definition) is 7. The Morgan fingerprint density at radius 1 is 1.28 bits per heavy atom. The number of thioether (sulfide) groups is 1. The number of ether oxygens (including phenoxy) is 1. The first-order valence-corrected chi connectivity index (χ1v) is 11.9. The van der Waals surface area contributed by atoms with E-state index in [1.54, 1.807) is 4.90 Å². The lowest BCUT2D eigenvalue weighted by Crippen LogP contribution is -2.40. The molecule has 1 fully saturated rings. The van der Waals surface area contributed by atoms with Gasteiger partial charge in [-0.25, -0.2) is 0 Å². The summed E-state index contributed by atoms with van der Waals surface area (Å²) in [6.45, 7) is 6.68. The van der Waals surface area contributed by atoms with E-state index in [0.717, 1.165) is 29.6 Å². The van der Waals surface area contributed by atoms with E-state index < -0.39 is 5.25 Å². The van der Waals surface area contributed by atoms with Crippen molar-refractivity contribution in [2.24, 2.45) is 10.7 Å². The molecule has 174 valence electrons. The van der Waals surface area contributed by atoms with E-state index in [9.17, 15) is 14.4 Å². The molecule has 9 nitrogen and oxygen atoms in total. The molecule has 2 aliphatic heterocycles. The molecule has 1 saturated heterocycles. The van der Waals surface area contributed by atoms with Gasteiger partial charge in [-0.1, -0.05) is 18.7 Å². The summed E-state index contributed by atoms with van der Waals surface area (Å²) < 4.78 is 5.42. The maximum Gasteiger partial charge on any atom is 0.262 e. The number of rotatable bonds is 9. The fourth-order valence-electron chi connectivity index (χ4n) is 3.88. The number of nitrogens with zero attached hydrogens (tertiary/aromatic N) is 3. The molecule has 3 amide bonds. The van der Waals surface area contributed by atoms with Gasteiger partial charge in [0, 0.05) is 44.3 Å². The van der Waals surface area contributed by atoms with Gasteiger partial charge in [0.15, 0.2) is 5.17 Å². The van der Waals surface area contributed by atoms with E-state index in [2.05, 4.69) is 15.3 Å². The SMILES string of the molecule is CCCOCCNC(=O)c1ccc(C)nc1C1CCN(C(=O)CC2SC(N)=NC2=O)CC1. The van der Waals surface area contributed by atoms with Crippen LogP contribution in [0.3, 0.4) is 0 Å². The van der Waals surface area contributed by atoms with Crippen LogP contribution in [-0.2, 0) is 14.3 Å². The smallest absolute Gasteiger partial charge is 0.262 e. The van der Waals surface area contributed by atoms with Crippen molar-refractivity contribution in [2.45, 2.75) is 50.7 Å². The van der Waals surface area contributed by atoms with Crippen molar-refractivity contribution in [1.29, 1.82) is 0 Å². The number of nitrogens with one attached hydrogen (secondary N) is 1. The Kier molecular flexibility index (Phi) is 8.63. The number of amidine groups is 1. The van der Waals surface area contributed by atoms with Crippen LogP contribution in [0.4, 0.5) is 0 Å². The normalized spacial score (nSPS) is 19.2. The van der Waals surface area contributed by atoms with Crippen LogP contribution in [0.2, 0.25) is 0 Å². The fourth-order valence-corrected chi connectivity index (χ4v) is 4.69. The van der Waals surface area contributed by atoms with Crippen molar-refractivity contribution in [3.05, 3.63) is 29.1 Å². The highest BCUT2D eigenvalue weighted by Crippen LogP contribution is 2.31. The molecule has 1 aromatic rings. The van der Waals surface area contributed by atoms with Crippen molar-refractivity contribution < 1.29 is 19.1 Å². The molecular weight excluding hydrogens is 430 g/mol. The number of pyridine rings is 1. The molecule has 32 heavy (non-hydrogen) atoms. The quantitative estimate of drug-likeness (QED) is 0.535. The van der Waals surface area contributed by atoms with Crippen molar-refractivity contribution in [3.8, 4) is 0 Å². The third-order valence-electron chi connectivity index (χ3n) is 5.54. The van der Waals surface area contributed by atoms with Crippen LogP contribution in [0, 0.1) is 6.92 Å². The van der Waals surface area contributed by atoms with Gasteiger partial charge >= 0.3 is 0 Å². The predicted molar refractivity (Wildman–Crippen MR) is 124 cm³/mol. The molecule has 0 saturated carbocycles. The molecule has 0 aliphatic carbocycles. The number of hydrogen-bond donors (Lipinski definition) is 2. The maximum absolute atomic E-state index is 12.7. The van der Waals surface area contributed by atoms with Gasteiger partial charge in [0.1, 0.15) is 5.25 Å². The number of likely N-dealkylation sites (tertiary alicyclic amines) is 1. The van der Waals surface area contributed by atoms with Gasteiger partial charge < -0.3 is 20.7 Å². The lowest BCUT2D eigenvalue weighted by molar-refractivity contribution is -0.133. The molecule has 1 aromatic heterocycles.